The number of anilines is 1. The lowest BCUT2D eigenvalue weighted by Crippen LogP contribution is -2.15. The molecule has 3 aromatic rings. The van der Waals surface area contributed by atoms with Gasteiger partial charge in [0, 0.05) is 30.1 Å². The van der Waals surface area contributed by atoms with Gasteiger partial charge in [0.05, 0.1) is 28.2 Å². The summed E-state index contributed by atoms with van der Waals surface area (Å²) < 4.78 is 40.5. The summed E-state index contributed by atoms with van der Waals surface area (Å²) in [6, 6.07) is 7.65. The Kier molecular flexibility index (Phi) is 4.63. The highest BCUT2D eigenvalue weighted by atomic mass is 19.4. The number of halogens is 3. The number of hydrogen-bond donors (Lipinski definition) is 1. The Hall–Kier alpha value is -3.69. The van der Waals surface area contributed by atoms with E-state index < -0.39 is 22.6 Å². The van der Waals surface area contributed by atoms with E-state index in [1.807, 2.05) is 0 Å². The number of benzene rings is 2. The predicted octanol–water partition coefficient (Wildman–Crippen LogP) is 4.05. The zero-order valence-corrected chi connectivity index (χ0v) is 13.5. The fraction of sp³-hybridized carbons (Fsp3) is 0.0588. The molecule has 1 heterocycles. The van der Waals surface area contributed by atoms with Crippen LogP contribution in [0.4, 0.5) is 24.5 Å². The van der Waals surface area contributed by atoms with E-state index in [1.165, 1.54) is 41.5 Å². The maximum Gasteiger partial charge on any atom is 0.416 e. The second-order valence-electron chi connectivity index (χ2n) is 5.46. The van der Waals surface area contributed by atoms with E-state index in [1.54, 1.807) is 0 Å². The Balaban J connectivity index is 1.96. The van der Waals surface area contributed by atoms with Gasteiger partial charge >= 0.3 is 6.18 Å². The minimum absolute atomic E-state index is 0.0644. The molecular formula is C17H11F3N4O3. The zero-order chi connectivity index (χ0) is 19.6. The van der Waals surface area contributed by atoms with E-state index in [0.29, 0.717) is 0 Å². The number of nitrogens with zero attached hydrogens (tertiary/aromatic N) is 3. The third-order valence-corrected chi connectivity index (χ3v) is 3.69. The Morgan fingerprint density at radius 2 is 1.85 bits per heavy atom. The number of nitro benzene ring substituents is 1. The van der Waals surface area contributed by atoms with Crippen LogP contribution in [0.3, 0.4) is 0 Å². The molecule has 0 bridgehead atoms. The minimum atomic E-state index is -4.58. The van der Waals surface area contributed by atoms with Crippen molar-refractivity contribution < 1.29 is 22.9 Å². The summed E-state index contributed by atoms with van der Waals surface area (Å²) in [5.74, 6) is -0.703. The number of alkyl halides is 3. The molecule has 0 spiro atoms. The van der Waals surface area contributed by atoms with Crippen LogP contribution in [0.2, 0.25) is 0 Å². The maximum absolute atomic E-state index is 13.0. The Morgan fingerprint density at radius 1 is 1.15 bits per heavy atom. The van der Waals surface area contributed by atoms with Crippen LogP contribution in [0.5, 0.6) is 0 Å². The number of nitrogens with one attached hydrogen (secondary N) is 1. The summed E-state index contributed by atoms with van der Waals surface area (Å²) in [5, 5.41) is 13.1. The van der Waals surface area contributed by atoms with Crippen molar-refractivity contribution in [2.24, 2.45) is 0 Å². The summed E-state index contributed by atoms with van der Waals surface area (Å²) in [7, 11) is 0. The Labute approximate surface area is 150 Å². The lowest BCUT2D eigenvalue weighted by molar-refractivity contribution is -0.384. The van der Waals surface area contributed by atoms with Crippen LogP contribution < -0.4 is 5.32 Å². The molecule has 1 N–H and O–H groups in total. The van der Waals surface area contributed by atoms with Gasteiger partial charge in [-0.05, 0) is 30.3 Å². The van der Waals surface area contributed by atoms with Gasteiger partial charge in [0.15, 0.2) is 0 Å². The molecule has 0 saturated heterocycles. The van der Waals surface area contributed by atoms with Crippen LogP contribution in [-0.2, 0) is 6.18 Å². The standard InChI is InChI=1S/C17H11F3N4O3/c18-17(19,20)12-3-6-15(23-8-7-21-10-23)14(9-12)22-16(25)11-1-4-13(5-2-11)24(26)27/h1-10H,(H,22,25). The van der Waals surface area contributed by atoms with Gasteiger partial charge < -0.3 is 9.88 Å². The van der Waals surface area contributed by atoms with Crippen LogP contribution in [0.1, 0.15) is 15.9 Å². The first-order chi connectivity index (χ1) is 12.8. The van der Waals surface area contributed by atoms with Crippen LogP contribution in [0, 0.1) is 10.1 Å². The van der Waals surface area contributed by atoms with Gasteiger partial charge in [-0.15, -0.1) is 0 Å². The van der Waals surface area contributed by atoms with Crippen molar-refractivity contribution in [3.63, 3.8) is 0 Å². The summed E-state index contributed by atoms with van der Waals surface area (Å²) in [6.07, 6.45) is -0.242. The van der Waals surface area contributed by atoms with E-state index in [0.717, 1.165) is 24.3 Å². The van der Waals surface area contributed by atoms with Crippen LogP contribution in [-0.4, -0.2) is 20.4 Å². The molecule has 7 nitrogen and oxygen atoms in total. The molecule has 0 aliphatic carbocycles. The second kappa shape index (κ2) is 6.90. The van der Waals surface area contributed by atoms with Crippen molar-refractivity contribution in [3.8, 4) is 5.69 Å². The highest BCUT2D eigenvalue weighted by Gasteiger charge is 2.31. The van der Waals surface area contributed by atoms with Crippen molar-refractivity contribution in [2.75, 3.05) is 5.32 Å². The topological polar surface area (TPSA) is 90.1 Å². The monoisotopic (exact) mass is 376 g/mol. The smallest absolute Gasteiger partial charge is 0.320 e. The van der Waals surface area contributed by atoms with Gasteiger partial charge in [-0.1, -0.05) is 0 Å². The van der Waals surface area contributed by atoms with Crippen molar-refractivity contribution in [2.45, 2.75) is 6.18 Å². The molecule has 0 saturated carbocycles. The van der Waals surface area contributed by atoms with Gasteiger partial charge in [0.1, 0.15) is 0 Å². The van der Waals surface area contributed by atoms with Gasteiger partial charge in [-0.25, -0.2) is 4.98 Å². The molecule has 1 aromatic heterocycles. The number of hydrogen-bond acceptors (Lipinski definition) is 4. The number of imidazole rings is 1. The lowest BCUT2D eigenvalue weighted by atomic mass is 10.1. The van der Waals surface area contributed by atoms with Crippen LogP contribution >= 0.6 is 0 Å². The minimum Gasteiger partial charge on any atom is -0.320 e. The number of rotatable bonds is 4. The Bertz CT molecular complexity index is 984. The predicted molar refractivity (Wildman–Crippen MR) is 89.6 cm³/mol. The van der Waals surface area contributed by atoms with Gasteiger partial charge in [-0.2, -0.15) is 13.2 Å². The first-order valence-electron chi connectivity index (χ1n) is 7.51. The molecule has 0 aliphatic heterocycles. The van der Waals surface area contributed by atoms with Crippen LogP contribution in [0.15, 0.2) is 61.2 Å². The van der Waals surface area contributed by atoms with Gasteiger partial charge in [0.2, 0.25) is 0 Å². The highest BCUT2D eigenvalue weighted by molar-refractivity contribution is 6.05. The number of nitro groups is 1. The quantitative estimate of drug-likeness (QED) is 0.549. The fourth-order valence-corrected chi connectivity index (χ4v) is 2.37. The van der Waals surface area contributed by atoms with E-state index >= 15 is 0 Å². The molecule has 3 rings (SSSR count). The summed E-state index contributed by atoms with van der Waals surface area (Å²) >= 11 is 0. The maximum atomic E-state index is 13.0. The molecule has 0 atom stereocenters. The number of non-ortho nitro benzene ring substituents is 1. The molecule has 27 heavy (non-hydrogen) atoms. The van der Waals surface area contributed by atoms with E-state index in [9.17, 15) is 28.1 Å². The largest absolute Gasteiger partial charge is 0.416 e. The first-order valence-corrected chi connectivity index (χ1v) is 7.51. The van der Waals surface area contributed by atoms with E-state index in [2.05, 4.69) is 10.3 Å². The van der Waals surface area contributed by atoms with Crippen molar-refractivity contribution in [1.82, 2.24) is 9.55 Å². The fourth-order valence-electron chi connectivity index (χ4n) is 2.37. The molecule has 10 heteroatoms. The molecule has 138 valence electrons. The highest BCUT2D eigenvalue weighted by Crippen LogP contribution is 2.33. The van der Waals surface area contributed by atoms with Gasteiger partial charge in [0.25, 0.3) is 11.6 Å². The number of carbonyl (C=O) groups is 1. The Morgan fingerprint density at radius 3 is 2.41 bits per heavy atom. The average molecular weight is 376 g/mol. The number of aromatic nitrogens is 2. The number of carbonyl (C=O) groups excluding carboxylic acids is 1. The third-order valence-electron chi connectivity index (χ3n) is 3.69. The first kappa shape index (κ1) is 18.1. The van der Waals surface area contributed by atoms with Gasteiger partial charge in [-0.3, -0.25) is 14.9 Å². The molecule has 0 radical (unpaired) electrons. The number of amides is 1. The molecule has 0 fully saturated rings. The summed E-state index contributed by atoms with van der Waals surface area (Å²) in [4.78, 5) is 26.3. The van der Waals surface area contributed by atoms with Crippen molar-refractivity contribution in [3.05, 3.63) is 82.4 Å². The normalized spacial score (nSPS) is 11.2. The molecule has 2 aromatic carbocycles. The second-order valence-corrected chi connectivity index (χ2v) is 5.46. The lowest BCUT2D eigenvalue weighted by Gasteiger charge is -2.15. The summed E-state index contributed by atoms with van der Waals surface area (Å²) in [6.45, 7) is 0. The SMILES string of the molecule is O=C(Nc1cc(C(F)(F)F)ccc1-n1ccnc1)c1ccc([N+](=O)[O-])cc1. The summed E-state index contributed by atoms with van der Waals surface area (Å²) in [5.41, 5.74) is -0.855. The molecular weight excluding hydrogens is 365 g/mol. The van der Waals surface area contributed by atoms with E-state index in [4.69, 9.17) is 0 Å². The zero-order valence-electron chi connectivity index (χ0n) is 13.5. The van der Waals surface area contributed by atoms with E-state index in [-0.39, 0.29) is 22.6 Å². The average Bonchev–Trinajstić information content (AvgIpc) is 3.15. The van der Waals surface area contributed by atoms with Crippen molar-refractivity contribution in [1.29, 1.82) is 0 Å². The van der Waals surface area contributed by atoms with Crippen molar-refractivity contribution >= 4 is 17.3 Å². The molecule has 0 aliphatic rings. The third kappa shape index (κ3) is 3.94. The molecule has 1 amide bonds. The molecule has 0 unspecified atom stereocenters. The van der Waals surface area contributed by atoms with Crippen LogP contribution in [0.25, 0.3) is 5.69 Å².